The maximum atomic E-state index is 5.09. The van der Waals surface area contributed by atoms with E-state index in [-0.39, 0.29) is 5.54 Å². The van der Waals surface area contributed by atoms with Crippen molar-refractivity contribution in [3.05, 3.63) is 18.2 Å². The molecule has 1 aromatic rings. The second kappa shape index (κ2) is 5.01. The second-order valence-corrected chi connectivity index (χ2v) is 3.96. The Labute approximate surface area is 91.9 Å². The van der Waals surface area contributed by atoms with Gasteiger partial charge in [0.15, 0.2) is 0 Å². The predicted octanol–water partition coefficient (Wildman–Crippen LogP) is 3.08. The summed E-state index contributed by atoms with van der Waals surface area (Å²) in [5.74, 6) is 1.52. The molecule has 0 fully saturated rings. The molecule has 0 aliphatic rings. The summed E-state index contributed by atoms with van der Waals surface area (Å²) in [6, 6.07) is 5.76. The normalized spacial score (nSPS) is 11.2. The number of ether oxygens (including phenoxy) is 1. The number of hydrogen-bond donors (Lipinski definition) is 1. The highest BCUT2D eigenvalue weighted by molar-refractivity contribution is 5.39. The number of pyridine rings is 1. The molecule has 0 aliphatic carbocycles. The zero-order chi connectivity index (χ0) is 11.3. The summed E-state index contributed by atoms with van der Waals surface area (Å²) in [7, 11) is 1.63. The average molecular weight is 208 g/mol. The predicted molar refractivity (Wildman–Crippen MR) is 63.4 cm³/mol. The first-order chi connectivity index (χ1) is 7.13. The van der Waals surface area contributed by atoms with Crippen molar-refractivity contribution < 1.29 is 4.74 Å². The minimum Gasteiger partial charge on any atom is -0.481 e. The molecule has 0 amide bonds. The molecular weight excluding hydrogens is 188 g/mol. The van der Waals surface area contributed by atoms with Gasteiger partial charge in [0.2, 0.25) is 5.88 Å². The lowest BCUT2D eigenvalue weighted by Gasteiger charge is -2.28. The van der Waals surface area contributed by atoms with Crippen molar-refractivity contribution in [1.82, 2.24) is 4.98 Å². The Morgan fingerprint density at radius 1 is 1.33 bits per heavy atom. The molecule has 0 saturated heterocycles. The van der Waals surface area contributed by atoms with Gasteiger partial charge in [-0.1, -0.05) is 19.9 Å². The number of methoxy groups -OCH3 is 1. The van der Waals surface area contributed by atoms with Crippen molar-refractivity contribution in [2.45, 2.75) is 39.2 Å². The summed E-state index contributed by atoms with van der Waals surface area (Å²) in [6.07, 6.45) is 2.14. The Kier molecular flexibility index (Phi) is 3.95. The van der Waals surface area contributed by atoms with Gasteiger partial charge in [-0.15, -0.1) is 0 Å². The molecule has 0 saturated carbocycles. The van der Waals surface area contributed by atoms with Crippen LogP contribution in [0, 0.1) is 0 Å². The maximum absolute atomic E-state index is 5.09. The molecule has 0 bridgehead atoms. The van der Waals surface area contributed by atoms with E-state index in [1.165, 1.54) is 0 Å². The third kappa shape index (κ3) is 3.11. The third-order valence-electron chi connectivity index (χ3n) is 2.92. The van der Waals surface area contributed by atoms with Gasteiger partial charge in [-0.3, -0.25) is 0 Å². The second-order valence-electron chi connectivity index (χ2n) is 3.96. The molecule has 1 aromatic heterocycles. The molecule has 1 N–H and O–H groups in total. The van der Waals surface area contributed by atoms with Gasteiger partial charge in [-0.05, 0) is 25.8 Å². The summed E-state index contributed by atoms with van der Waals surface area (Å²) in [5, 5.41) is 3.44. The number of nitrogens with one attached hydrogen (secondary N) is 1. The molecule has 3 nitrogen and oxygen atoms in total. The first-order valence-corrected chi connectivity index (χ1v) is 5.42. The fraction of sp³-hybridized carbons (Fsp3) is 0.583. The Balaban J connectivity index is 2.79. The van der Waals surface area contributed by atoms with E-state index in [2.05, 4.69) is 31.1 Å². The van der Waals surface area contributed by atoms with E-state index in [4.69, 9.17) is 4.74 Å². The first-order valence-electron chi connectivity index (χ1n) is 5.42. The Hall–Kier alpha value is -1.25. The Morgan fingerprint density at radius 2 is 2.00 bits per heavy atom. The molecular formula is C12H20N2O. The molecule has 84 valence electrons. The van der Waals surface area contributed by atoms with Gasteiger partial charge in [-0.25, -0.2) is 0 Å². The van der Waals surface area contributed by atoms with Crippen molar-refractivity contribution in [3.63, 3.8) is 0 Å². The van der Waals surface area contributed by atoms with E-state index in [0.29, 0.717) is 5.88 Å². The Bertz CT molecular complexity index is 308. The number of hydrogen-bond acceptors (Lipinski definition) is 3. The SMILES string of the molecule is CCC(C)(CC)Nc1cccc(OC)n1. The van der Waals surface area contributed by atoms with E-state index in [1.807, 2.05) is 18.2 Å². The van der Waals surface area contributed by atoms with Crippen LogP contribution in [0.3, 0.4) is 0 Å². The summed E-state index contributed by atoms with van der Waals surface area (Å²) in [5.41, 5.74) is 0.110. The summed E-state index contributed by atoms with van der Waals surface area (Å²) >= 11 is 0. The van der Waals surface area contributed by atoms with Crippen LogP contribution >= 0.6 is 0 Å². The van der Waals surface area contributed by atoms with Gasteiger partial charge in [0, 0.05) is 11.6 Å². The Morgan fingerprint density at radius 3 is 2.53 bits per heavy atom. The molecule has 0 unspecified atom stereocenters. The van der Waals surface area contributed by atoms with Crippen molar-refractivity contribution in [1.29, 1.82) is 0 Å². The van der Waals surface area contributed by atoms with Crippen LogP contribution in [0.4, 0.5) is 5.82 Å². The van der Waals surface area contributed by atoms with E-state index in [0.717, 1.165) is 18.7 Å². The smallest absolute Gasteiger partial charge is 0.214 e. The zero-order valence-electron chi connectivity index (χ0n) is 10.0. The number of aromatic nitrogens is 1. The van der Waals surface area contributed by atoms with Crippen molar-refractivity contribution in [2.24, 2.45) is 0 Å². The van der Waals surface area contributed by atoms with Gasteiger partial charge in [0.25, 0.3) is 0 Å². The van der Waals surface area contributed by atoms with Crippen LogP contribution in [0.2, 0.25) is 0 Å². The first kappa shape index (κ1) is 11.8. The highest BCUT2D eigenvalue weighted by atomic mass is 16.5. The third-order valence-corrected chi connectivity index (χ3v) is 2.92. The molecule has 1 heterocycles. The van der Waals surface area contributed by atoms with Crippen LogP contribution in [0.25, 0.3) is 0 Å². The van der Waals surface area contributed by atoms with Gasteiger partial charge in [-0.2, -0.15) is 4.98 Å². The van der Waals surface area contributed by atoms with Crippen molar-refractivity contribution >= 4 is 5.82 Å². The highest BCUT2D eigenvalue weighted by Gasteiger charge is 2.19. The van der Waals surface area contributed by atoms with Crippen LogP contribution in [0.15, 0.2) is 18.2 Å². The maximum Gasteiger partial charge on any atom is 0.214 e. The molecule has 3 heteroatoms. The monoisotopic (exact) mass is 208 g/mol. The van der Waals surface area contributed by atoms with Crippen LogP contribution in [0.5, 0.6) is 5.88 Å². The molecule has 0 aromatic carbocycles. The van der Waals surface area contributed by atoms with Gasteiger partial charge in [0.05, 0.1) is 7.11 Å². The van der Waals surface area contributed by atoms with Crippen molar-refractivity contribution in [3.8, 4) is 5.88 Å². The lowest BCUT2D eigenvalue weighted by molar-refractivity contribution is 0.397. The van der Waals surface area contributed by atoms with Crippen LogP contribution < -0.4 is 10.1 Å². The summed E-state index contributed by atoms with van der Waals surface area (Å²) in [6.45, 7) is 6.56. The largest absolute Gasteiger partial charge is 0.481 e. The summed E-state index contributed by atoms with van der Waals surface area (Å²) in [4.78, 5) is 4.34. The fourth-order valence-electron chi connectivity index (χ4n) is 1.33. The fourth-order valence-corrected chi connectivity index (χ4v) is 1.33. The van der Waals surface area contributed by atoms with Crippen molar-refractivity contribution in [2.75, 3.05) is 12.4 Å². The summed E-state index contributed by atoms with van der Waals surface area (Å²) < 4.78 is 5.09. The van der Waals surface area contributed by atoms with E-state index in [1.54, 1.807) is 7.11 Å². The topological polar surface area (TPSA) is 34.1 Å². The average Bonchev–Trinajstić information content (AvgIpc) is 2.29. The standard InChI is InChI=1S/C12H20N2O/c1-5-12(3,6-2)14-10-8-7-9-11(13-10)15-4/h7-9H,5-6H2,1-4H3,(H,13,14). The van der Waals surface area contributed by atoms with E-state index >= 15 is 0 Å². The lowest BCUT2D eigenvalue weighted by Crippen LogP contribution is -2.33. The zero-order valence-corrected chi connectivity index (χ0v) is 10.0. The van der Waals surface area contributed by atoms with Gasteiger partial charge < -0.3 is 10.1 Å². The lowest BCUT2D eigenvalue weighted by atomic mass is 9.96. The molecule has 0 spiro atoms. The van der Waals surface area contributed by atoms with Gasteiger partial charge in [0.1, 0.15) is 5.82 Å². The van der Waals surface area contributed by atoms with Crippen LogP contribution in [0.1, 0.15) is 33.6 Å². The minimum absolute atomic E-state index is 0.110. The number of nitrogens with zero attached hydrogens (tertiary/aromatic N) is 1. The van der Waals surface area contributed by atoms with Crippen LogP contribution in [-0.2, 0) is 0 Å². The molecule has 0 aliphatic heterocycles. The van der Waals surface area contributed by atoms with E-state index < -0.39 is 0 Å². The molecule has 0 atom stereocenters. The number of anilines is 1. The number of rotatable bonds is 5. The molecule has 15 heavy (non-hydrogen) atoms. The minimum atomic E-state index is 0.110. The molecule has 0 radical (unpaired) electrons. The quantitative estimate of drug-likeness (QED) is 0.807. The molecule has 1 rings (SSSR count). The van der Waals surface area contributed by atoms with Crippen LogP contribution in [-0.4, -0.2) is 17.6 Å². The van der Waals surface area contributed by atoms with E-state index in [9.17, 15) is 0 Å². The highest BCUT2D eigenvalue weighted by Crippen LogP contribution is 2.21. The van der Waals surface area contributed by atoms with Gasteiger partial charge >= 0.3 is 0 Å².